The van der Waals surface area contributed by atoms with Gasteiger partial charge in [0.2, 0.25) is 5.91 Å². The molecule has 29 heavy (non-hydrogen) atoms. The fourth-order valence-electron chi connectivity index (χ4n) is 3.36. The zero-order chi connectivity index (χ0) is 20.9. The molecule has 2 rings (SSSR count). The standard InChI is InChI=1S/C16H28F3N5O3S.HI/c1-12(16(17,18)19)23-6-8-24(9-7-23)15(20-2)21-5-3-14(25)22-13-4-10-28(26,27)11-13;/h12-13H,3-11H2,1-2H3,(H,20,21)(H,22,25);1H. The number of carbonyl (C=O) groups excluding carboxylic acids is 1. The first-order chi connectivity index (χ1) is 13.0. The lowest BCUT2D eigenvalue weighted by Gasteiger charge is -2.39. The van der Waals surface area contributed by atoms with E-state index < -0.39 is 22.1 Å². The van der Waals surface area contributed by atoms with Crippen LogP contribution in [-0.4, -0.2) is 99.6 Å². The Kier molecular flexibility index (Phi) is 9.92. The molecule has 170 valence electrons. The van der Waals surface area contributed by atoms with Crippen LogP contribution in [0.15, 0.2) is 4.99 Å². The lowest BCUT2D eigenvalue weighted by molar-refractivity contribution is -0.181. The number of halogens is 4. The Labute approximate surface area is 186 Å². The van der Waals surface area contributed by atoms with Gasteiger partial charge in [-0.1, -0.05) is 0 Å². The van der Waals surface area contributed by atoms with Crippen LogP contribution in [0, 0.1) is 0 Å². The normalized spacial score (nSPS) is 24.0. The maximum Gasteiger partial charge on any atom is 0.403 e. The minimum atomic E-state index is -4.24. The summed E-state index contributed by atoms with van der Waals surface area (Å²) in [6, 6.07) is -1.81. The molecule has 0 bridgehead atoms. The number of sulfone groups is 1. The molecule has 0 aromatic carbocycles. The van der Waals surface area contributed by atoms with Gasteiger partial charge in [-0.2, -0.15) is 13.2 Å². The summed E-state index contributed by atoms with van der Waals surface area (Å²) in [5.74, 6) is 0.375. The van der Waals surface area contributed by atoms with Crippen molar-refractivity contribution < 1.29 is 26.4 Å². The second-order valence-electron chi connectivity index (χ2n) is 7.13. The van der Waals surface area contributed by atoms with Crippen LogP contribution in [0.1, 0.15) is 19.8 Å². The first-order valence-electron chi connectivity index (χ1n) is 9.28. The van der Waals surface area contributed by atoms with Gasteiger partial charge in [-0.3, -0.25) is 14.7 Å². The molecule has 1 amide bonds. The van der Waals surface area contributed by atoms with E-state index in [1.54, 1.807) is 7.05 Å². The van der Waals surface area contributed by atoms with Crippen LogP contribution in [-0.2, 0) is 14.6 Å². The summed E-state index contributed by atoms with van der Waals surface area (Å²) in [7, 11) is -1.46. The van der Waals surface area contributed by atoms with Crippen molar-refractivity contribution in [2.45, 2.75) is 38.0 Å². The van der Waals surface area contributed by atoms with E-state index in [0.717, 1.165) is 6.92 Å². The van der Waals surface area contributed by atoms with Crippen LogP contribution in [0.4, 0.5) is 13.2 Å². The topological polar surface area (TPSA) is 94.1 Å². The molecule has 13 heteroatoms. The monoisotopic (exact) mass is 555 g/mol. The Morgan fingerprint density at radius 3 is 2.34 bits per heavy atom. The number of nitrogens with zero attached hydrogens (tertiary/aromatic N) is 3. The predicted molar refractivity (Wildman–Crippen MR) is 115 cm³/mol. The maximum atomic E-state index is 12.8. The summed E-state index contributed by atoms with van der Waals surface area (Å²) < 4.78 is 61.3. The average molecular weight is 555 g/mol. The number of aliphatic imine (C=N–C) groups is 1. The average Bonchev–Trinajstić information content (AvgIpc) is 2.96. The summed E-state index contributed by atoms with van der Waals surface area (Å²) in [6.45, 7) is 2.84. The number of amides is 1. The minimum Gasteiger partial charge on any atom is -0.356 e. The molecule has 2 fully saturated rings. The number of carbonyl (C=O) groups is 1. The van der Waals surface area contributed by atoms with Crippen molar-refractivity contribution in [1.82, 2.24) is 20.4 Å². The fraction of sp³-hybridized carbons (Fsp3) is 0.875. The van der Waals surface area contributed by atoms with Gasteiger partial charge in [0.15, 0.2) is 15.8 Å². The van der Waals surface area contributed by atoms with E-state index in [-0.39, 0.29) is 66.9 Å². The van der Waals surface area contributed by atoms with E-state index in [1.165, 1.54) is 4.90 Å². The predicted octanol–water partition coefficient (Wildman–Crippen LogP) is 0.442. The molecule has 0 aliphatic carbocycles. The molecule has 0 aromatic heterocycles. The van der Waals surface area contributed by atoms with Crippen LogP contribution in [0.2, 0.25) is 0 Å². The Morgan fingerprint density at radius 1 is 1.24 bits per heavy atom. The molecular formula is C16H29F3IN5O3S. The van der Waals surface area contributed by atoms with Gasteiger partial charge in [0, 0.05) is 52.2 Å². The summed E-state index contributed by atoms with van der Waals surface area (Å²) in [5.41, 5.74) is 0. The van der Waals surface area contributed by atoms with Gasteiger partial charge in [-0.25, -0.2) is 8.42 Å². The van der Waals surface area contributed by atoms with Crippen molar-refractivity contribution >= 4 is 45.7 Å². The minimum absolute atomic E-state index is 0. The van der Waals surface area contributed by atoms with E-state index in [0.29, 0.717) is 32.0 Å². The van der Waals surface area contributed by atoms with Crippen molar-refractivity contribution in [1.29, 1.82) is 0 Å². The summed E-state index contributed by atoms with van der Waals surface area (Å²) in [5, 5.41) is 5.75. The third-order valence-electron chi connectivity index (χ3n) is 5.08. The third kappa shape index (κ3) is 8.07. The number of hydrogen-bond acceptors (Lipinski definition) is 5. The molecule has 2 aliphatic rings. The zero-order valence-corrected chi connectivity index (χ0v) is 19.7. The molecule has 2 aliphatic heterocycles. The quantitative estimate of drug-likeness (QED) is 0.291. The highest BCUT2D eigenvalue weighted by atomic mass is 127. The number of guanidine groups is 1. The molecule has 2 heterocycles. The highest BCUT2D eigenvalue weighted by Gasteiger charge is 2.41. The van der Waals surface area contributed by atoms with Crippen molar-refractivity contribution in [3.63, 3.8) is 0 Å². The van der Waals surface area contributed by atoms with Crippen LogP contribution in [0.25, 0.3) is 0 Å². The van der Waals surface area contributed by atoms with E-state index in [9.17, 15) is 26.4 Å². The molecular weight excluding hydrogens is 526 g/mol. The van der Waals surface area contributed by atoms with Gasteiger partial charge in [-0.15, -0.1) is 24.0 Å². The Balaban J connectivity index is 0.00000420. The molecule has 0 aromatic rings. The second-order valence-corrected chi connectivity index (χ2v) is 9.36. The number of alkyl halides is 3. The van der Waals surface area contributed by atoms with Gasteiger partial charge < -0.3 is 15.5 Å². The molecule has 0 radical (unpaired) electrons. The zero-order valence-electron chi connectivity index (χ0n) is 16.5. The van der Waals surface area contributed by atoms with Crippen LogP contribution < -0.4 is 10.6 Å². The maximum absolute atomic E-state index is 12.8. The van der Waals surface area contributed by atoms with Crippen LogP contribution in [0.3, 0.4) is 0 Å². The largest absolute Gasteiger partial charge is 0.403 e. The van der Waals surface area contributed by atoms with E-state index >= 15 is 0 Å². The van der Waals surface area contributed by atoms with E-state index in [1.807, 2.05) is 4.90 Å². The number of piperazine rings is 1. The third-order valence-corrected chi connectivity index (χ3v) is 6.85. The van der Waals surface area contributed by atoms with Gasteiger partial charge in [0.1, 0.15) is 6.04 Å². The number of hydrogen-bond donors (Lipinski definition) is 2. The lowest BCUT2D eigenvalue weighted by Crippen LogP contribution is -2.56. The molecule has 2 unspecified atom stereocenters. The second kappa shape index (κ2) is 11.0. The van der Waals surface area contributed by atoms with Crippen molar-refractivity contribution in [3.05, 3.63) is 0 Å². The first-order valence-corrected chi connectivity index (χ1v) is 11.1. The Bertz CT molecular complexity index is 682. The fourth-order valence-corrected chi connectivity index (χ4v) is 5.03. The SMILES string of the molecule is CN=C(NCCC(=O)NC1CCS(=O)(=O)C1)N1CCN(C(C)C(F)(F)F)CC1.I. The highest BCUT2D eigenvalue weighted by Crippen LogP contribution is 2.25. The van der Waals surface area contributed by atoms with E-state index in [4.69, 9.17) is 0 Å². The first kappa shape index (κ1) is 26.2. The van der Waals surface area contributed by atoms with Gasteiger partial charge in [0.05, 0.1) is 11.5 Å². The highest BCUT2D eigenvalue weighted by molar-refractivity contribution is 14.0. The van der Waals surface area contributed by atoms with Crippen molar-refractivity contribution in [2.24, 2.45) is 4.99 Å². The Morgan fingerprint density at radius 2 is 1.86 bits per heavy atom. The molecule has 0 spiro atoms. The summed E-state index contributed by atoms with van der Waals surface area (Å²) in [6.07, 6.45) is -3.65. The van der Waals surface area contributed by atoms with Crippen molar-refractivity contribution in [2.75, 3.05) is 51.3 Å². The summed E-state index contributed by atoms with van der Waals surface area (Å²) in [4.78, 5) is 19.3. The van der Waals surface area contributed by atoms with Crippen LogP contribution >= 0.6 is 24.0 Å². The number of nitrogens with one attached hydrogen (secondary N) is 2. The van der Waals surface area contributed by atoms with Crippen molar-refractivity contribution in [3.8, 4) is 0 Å². The number of rotatable bonds is 5. The molecule has 0 saturated carbocycles. The van der Waals surface area contributed by atoms with E-state index in [2.05, 4.69) is 15.6 Å². The van der Waals surface area contributed by atoms with Crippen LogP contribution in [0.5, 0.6) is 0 Å². The van der Waals surface area contributed by atoms with Gasteiger partial charge in [-0.05, 0) is 13.3 Å². The van der Waals surface area contributed by atoms with Gasteiger partial charge in [0.25, 0.3) is 0 Å². The molecule has 2 atom stereocenters. The Hall–Kier alpha value is -0.830. The molecule has 8 nitrogen and oxygen atoms in total. The molecule has 2 N–H and O–H groups in total. The lowest BCUT2D eigenvalue weighted by atomic mass is 10.2. The summed E-state index contributed by atoms with van der Waals surface area (Å²) >= 11 is 0. The smallest absolute Gasteiger partial charge is 0.356 e. The van der Waals surface area contributed by atoms with Gasteiger partial charge >= 0.3 is 6.18 Å². The molecule has 2 saturated heterocycles.